The highest BCUT2D eigenvalue weighted by Gasteiger charge is 2.64. The van der Waals surface area contributed by atoms with E-state index >= 15 is 0 Å². The van der Waals surface area contributed by atoms with E-state index in [0.717, 1.165) is 24.3 Å². The predicted octanol–water partition coefficient (Wildman–Crippen LogP) is 2.57. The van der Waals surface area contributed by atoms with Crippen LogP contribution in [-0.2, 0) is 22.5 Å². The van der Waals surface area contributed by atoms with Gasteiger partial charge in [-0.1, -0.05) is 24.3 Å². The number of pyridine rings is 1. The standard InChI is InChI=1S/C22H18F3N5O3/c23-22(24,25)20(8-9-20)15-2-4-16(5-3-15)21(32,33)19(31)28-18-7-10-30(29-18)13-17-6-1-14(11-26)12-27-17/h1-7,10,12,32-33H,8-9,13H2,(H,28,29,31). The van der Waals surface area contributed by atoms with Crippen LogP contribution in [0.5, 0.6) is 0 Å². The van der Waals surface area contributed by atoms with Crippen LogP contribution in [0.3, 0.4) is 0 Å². The van der Waals surface area contributed by atoms with Crippen LogP contribution in [0.2, 0.25) is 0 Å². The summed E-state index contributed by atoms with van der Waals surface area (Å²) in [6, 6.07) is 11.1. The SMILES string of the molecule is N#Cc1ccc(Cn2ccc(NC(=O)C(O)(O)c3ccc(C4(C(F)(F)F)CC4)cc3)n2)nc1. The van der Waals surface area contributed by atoms with Crippen molar-refractivity contribution in [2.45, 2.75) is 36.8 Å². The van der Waals surface area contributed by atoms with Crippen molar-refractivity contribution in [3.63, 3.8) is 0 Å². The first-order valence-electron chi connectivity index (χ1n) is 9.88. The topological polar surface area (TPSA) is 124 Å². The number of nitrogens with zero attached hydrogens (tertiary/aromatic N) is 4. The summed E-state index contributed by atoms with van der Waals surface area (Å²) >= 11 is 0. The van der Waals surface area contributed by atoms with Gasteiger partial charge in [-0.2, -0.15) is 23.5 Å². The van der Waals surface area contributed by atoms with Gasteiger partial charge in [-0.15, -0.1) is 0 Å². The molecule has 0 radical (unpaired) electrons. The lowest BCUT2D eigenvalue weighted by molar-refractivity contribution is -0.184. The molecule has 1 aliphatic rings. The van der Waals surface area contributed by atoms with E-state index in [2.05, 4.69) is 15.4 Å². The molecule has 0 spiro atoms. The molecule has 33 heavy (non-hydrogen) atoms. The summed E-state index contributed by atoms with van der Waals surface area (Å²) in [7, 11) is 0. The Balaban J connectivity index is 1.43. The molecule has 3 N–H and O–H groups in total. The number of alkyl halides is 3. The van der Waals surface area contributed by atoms with Gasteiger partial charge in [0.25, 0.3) is 11.7 Å². The van der Waals surface area contributed by atoms with Crippen LogP contribution in [0.4, 0.5) is 19.0 Å². The zero-order valence-electron chi connectivity index (χ0n) is 17.0. The third-order valence-electron chi connectivity index (χ3n) is 5.61. The van der Waals surface area contributed by atoms with Crippen LogP contribution in [0.15, 0.2) is 54.9 Å². The van der Waals surface area contributed by atoms with Crippen LogP contribution in [0, 0.1) is 11.3 Å². The highest BCUT2D eigenvalue weighted by atomic mass is 19.4. The number of carbonyl (C=O) groups excluding carboxylic acids is 1. The Morgan fingerprint density at radius 3 is 2.39 bits per heavy atom. The molecule has 0 bridgehead atoms. The first kappa shape index (κ1) is 22.4. The normalized spacial score (nSPS) is 15.0. The van der Waals surface area contributed by atoms with Gasteiger partial charge in [-0.05, 0) is 30.5 Å². The van der Waals surface area contributed by atoms with Crippen molar-refractivity contribution in [2.24, 2.45) is 0 Å². The Labute approximate surface area is 185 Å². The fraction of sp³-hybridized carbons (Fsp3) is 0.273. The first-order valence-corrected chi connectivity index (χ1v) is 9.88. The molecule has 170 valence electrons. The molecule has 4 rings (SSSR count). The molecule has 2 aromatic heterocycles. The average molecular weight is 457 g/mol. The summed E-state index contributed by atoms with van der Waals surface area (Å²) in [5.41, 5.74) is -1.14. The van der Waals surface area contributed by atoms with Crippen molar-refractivity contribution in [3.8, 4) is 6.07 Å². The highest BCUT2D eigenvalue weighted by molar-refractivity contribution is 5.95. The molecule has 3 aromatic rings. The van der Waals surface area contributed by atoms with Crippen LogP contribution >= 0.6 is 0 Å². The Morgan fingerprint density at radius 1 is 1.15 bits per heavy atom. The van der Waals surface area contributed by atoms with Crippen molar-refractivity contribution < 1.29 is 28.2 Å². The van der Waals surface area contributed by atoms with E-state index < -0.39 is 23.3 Å². The second-order valence-electron chi connectivity index (χ2n) is 7.83. The third kappa shape index (κ3) is 4.30. The number of aromatic nitrogens is 3. The van der Waals surface area contributed by atoms with Crippen molar-refractivity contribution in [1.82, 2.24) is 14.8 Å². The molecule has 1 fully saturated rings. The van der Waals surface area contributed by atoms with Gasteiger partial charge in [0.05, 0.1) is 23.2 Å². The van der Waals surface area contributed by atoms with Crippen molar-refractivity contribution in [2.75, 3.05) is 5.32 Å². The maximum atomic E-state index is 13.3. The fourth-order valence-corrected chi connectivity index (χ4v) is 3.48. The lowest BCUT2D eigenvalue weighted by Gasteiger charge is -2.23. The second-order valence-corrected chi connectivity index (χ2v) is 7.83. The minimum absolute atomic E-state index is 0.0186. The van der Waals surface area contributed by atoms with Gasteiger partial charge in [0.1, 0.15) is 6.07 Å². The number of nitriles is 1. The zero-order chi connectivity index (χ0) is 23.9. The van der Waals surface area contributed by atoms with Crippen molar-refractivity contribution in [3.05, 3.63) is 77.2 Å². The largest absolute Gasteiger partial charge is 0.398 e. The van der Waals surface area contributed by atoms with Crippen LogP contribution in [0.25, 0.3) is 0 Å². The maximum absolute atomic E-state index is 13.3. The lowest BCUT2D eigenvalue weighted by atomic mass is 9.93. The molecule has 0 saturated heterocycles. The van der Waals surface area contributed by atoms with E-state index in [0.29, 0.717) is 11.3 Å². The van der Waals surface area contributed by atoms with E-state index in [1.807, 2.05) is 6.07 Å². The molecule has 0 atom stereocenters. The summed E-state index contributed by atoms with van der Waals surface area (Å²) in [5, 5.41) is 35.8. The number of anilines is 1. The summed E-state index contributed by atoms with van der Waals surface area (Å²) < 4.78 is 41.3. The number of aliphatic hydroxyl groups is 2. The summed E-state index contributed by atoms with van der Waals surface area (Å²) in [6.07, 6.45) is -1.50. The number of amides is 1. The monoisotopic (exact) mass is 457 g/mol. The van der Waals surface area contributed by atoms with E-state index in [1.165, 1.54) is 23.1 Å². The van der Waals surface area contributed by atoms with E-state index in [4.69, 9.17) is 5.26 Å². The summed E-state index contributed by atoms with van der Waals surface area (Å²) in [6.45, 7) is 0.243. The van der Waals surface area contributed by atoms with Crippen molar-refractivity contribution in [1.29, 1.82) is 5.26 Å². The van der Waals surface area contributed by atoms with Crippen LogP contribution in [0.1, 0.15) is 35.2 Å². The zero-order valence-corrected chi connectivity index (χ0v) is 17.0. The molecule has 1 aliphatic carbocycles. The molecule has 1 amide bonds. The number of hydrogen-bond acceptors (Lipinski definition) is 6. The maximum Gasteiger partial charge on any atom is 0.398 e. The van der Waals surface area contributed by atoms with Gasteiger partial charge < -0.3 is 15.5 Å². The Hall–Kier alpha value is -3.75. The molecule has 0 unspecified atom stereocenters. The minimum Gasteiger partial charge on any atom is -0.355 e. The number of halogens is 3. The molecule has 2 heterocycles. The lowest BCUT2D eigenvalue weighted by Crippen LogP contribution is -2.40. The molecule has 1 aromatic carbocycles. The van der Waals surface area contributed by atoms with E-state index in [-0.39, 0.29) is 36.3 Å². The number of hydrogen-bond donors (Lipinski definition) is 3. The number of rotatable bonds is 6. The Bertz CT molecular complexity index is 1210. The van der Waals surface area contributed by atoms with Crippen LogP contribution < -0.4 is 5.32 Å². The van der Waals surface area contributed by atoms with Gasteiger partial charge in [0.2, 0.25) is 0 Å². The predicted molar refractivity (Wildman–Crippen MR) is 108 cm³/mol. The summed E-state index contributed by atoms with van der Waals surface area (Å²) in [4.78, 5) is 16.6. The Morgan fingerprint density at radius 2 is 1.85 bits per heavy atom. The molecule has 8 nitrogen and oxygen atoms in total. The van der Waals surface area contributed by atoms with Crippen LogP contribution in [-0.4, -0.2) is 37.1 Å². The summed E-state index contributed by atoms with van der Waals surface area (Å²) in [5.74, 6) is -4.16. The van der Waals surface area contributed by atoms with Gasteiger partial charge in [-0.3, -0.25) is 14.5 Å². The molecule has 11 heteroatoms. The molecular formula is C22H18F3N5O3. The van der Waals surface area contributed by atoms with Gasteiger partial charge in [-0.25, -0.2) is 0 Å². The van der Waals surface area contributed by atoms with Crippen molar-refractivity contribution >= 4 is 11.7 Å². The number of benzene rings is 1. The van der Waals surface area contributed by atoms with Gasteiger partial charge in [0.15, 0.2) is 5.82 Å². The number of carbonyl (C=O) groups is 1. The highest BCUT2D eigenvalue weighted by Crippen LogP contribution is 2.58. The quantitative estimate of drug-likeness (QED) is 0.489. The van der Waals surface area contributed by atoms with Gasteiger partial charge in [0, 0.05) is 24.0 Å². The molecule has 0 aliphatic heterocycles. The minimum atomic E-state index is -4.40. The van der Waals surface area contributed by atoms with E-state index in [1.54, 1.807) is 12.1 Å². The third-order valence-corrected chi connectivity index (χ3v) is 5.61. The second kappa shape index (κ2) is 7.99. The molecule has 1 saturated carbocycles. The molecular weight excluding hydrogens is 439 g/mol. The average Bonchev–Trinajstić information content (AvgIpc) is 3.50. The Kier molecular flexibility index (Phi) is 5.43. The van der Waals surface area contributed by atoms with Gasteiger partial charge >= 0.3 is 6.18 Å². The smallest absolute Gasteiger partial charge is 0.355 e. The number of nitrogens with one attached hydrogen (secondary N) is 1. The fourth-order valence-electron chi connectivity index (χ4n) is 3.48. The van der Waals surface area contributed by atoms with E-state index in [9.17, 15) is 28.2 Å². The first-order chi connectivity index (χ1) is 15.5.